The molecule has 0 saturated carbocycles. The first kappa shape index (κ1) is 16.6. The maximum Gasteiger partial charge on any atom is 0.407 e. The summed E-state index contributed by atoms with van der Waals surface area (Å²) in [5.74, 6) is 0. The maximum atomic E-state index is 11.0. The Labute approximate surface area is 152 Å². The minimum atomic E-state index is -0.786. The number of aromatic nitrogens is 2. The number of nitrogens with one attached hydrogen (secondary N) is 1. The molecule has 1 aromatic heterocycles. The van der Waals surface area contributed by atoms with Crippen molar-refractivity contribution in [2.45, 2.75) is 37.8 Å². The predicted octanol–water partition coefficient (Wildman–Crippen LogP) is 3.48. The van der Waals surface area contributed by atoms with Crippen molar-refractivity contribution in [2.24, 2.45) is 0 Å². The second kappa shape index (κ2) is 6.80. The van der Waals surface area contributed by atoms with Crippen molar-refractivity contribution in [3.05, 3.63) is 29.0 Å². The van der Waals surface area contributed by atoms with E-state index >= 15 is 0 Å². The zero-order valence-corrected chi connectivity index (χ0v) is 15.0. The molecule has 0 bridgehead atoms. The van der Waals surface area contributed by atoms with Gasteiger partial charge in [-0.05, 0) is 50.0 Å². The van der Waals surface area contributed by atoms with Gasteiger partial charge >= 0.3 is 6.09 Å². The summed E-state index contributed by atoms with van der Waals surface area (Å²) >= 11 is 5.56. The van der Waals surface area contributed by atoms with Crippen molar-refractivity contribution in [1.29, 1.82) is 0 Å². The average Bonchev–Trinajstić information content (AvgIpc) is 2.97. The largest absolute Gasteiger partial charge is 0.465 e. The number of carbonyl (C=O) groups is 1. The number of aromatic amines is 1. The Balaban J connectivity index is 1.41. The van der Waals surface area contributed by atoms with Crippen molar-refractivity contribution in [1.82, 2.24) is 19.4 Å². The van der Waals surface area contributed by atoms with Crippen molar-refractivity contribution >= 4 is 29.3 Å². The summed E-state index contributed by atoms with van der Waals surface area (Å²) in [6, 6.07) is 9.27. The number of fused-ring (bicyclic) bond motifs is 1. The number of para-hydroxylation sites is 2. The minimum Gasteiger partial charge on any atom is -0.465 e. The molecule has 0 unspecified atom stereocenters. The van der Waals surface area contributed by atoms with Gasteiger partial charge in [-0.3, -0.25) is 0 Å². The molecule has 4 rings (SSSR count). The Bertz CT molecular complexity index is 814. The van der Waals surface area contributed by atoms with Crippen molar-refractivity contribution in [3.63, 3.8) is 0 Å². The average molecular weight is 360 g/mol. The van der Waals surface area contributed by atoms with Crippen LogP contribution in [0.5, 0.6) is 0 Å². The highest BCUT2D eigenvalue weighted by Crippen LogP contribution is 2.30. The number of hydrogen-bond donors (Lipinski definition) is 2. The molecule has 2 aliphatic heterocycles. The van der Waals surface area contributed by atoms with Crippen LogP contribution in [-0.4, -0.2) is 62.8 Å². The van der Waals surface area contributed by atoms with Gasteiger partial charge in [0, 0.05) is 38.3 Å². The van der Waals surface area contributed by atoms with E-state index < -0.39 is 6.09 Å². The van der Waals surface area contributed by atoms with Gasteiger partial charge < -0.3 is 24.5 Å². The van der Waals surface area contributed by atoms with E-state index in [0.717, 1.165) is 49.1 Å². The number of H-pyrrole nitrogens is 1. The summed E-state index contributed by atoms with van der Waals surface area (Å²) in [5, 5.41) is 9.08. The van der Waals surface area contributed by atoms with E-state index in [4.69, 9.17) is 17.3 Å². The fraction of sp³-hybridized carbons (Fsp3) is 0.556. The molecule has 0 aliphatic carbocycles. The van der Waals surface area contributed by atoms with Crippen molar-refractivity contribution in [3.8, 4) is 0 Å². The van der Waals surface area contributed by atoms with Crippen molar-refractivity contribution in [2.75, 3.05) is 26.2 Å². The number of likely N-dealkylation sites (tertiary alicyclic amines) is 2. The van der Waals surface area contributed by atoms with Gasteiger partial charge in [-0.1, -0.05) is 12.1 Å². The van der Waals surface area contributed by atoms with E-state index in [-0.39, 0.29) is 0 Å². The Morgan fingerprint density at radius 3 is 2.36 bits per heavy atom. The predicted molar refractivity (Wildman–Crippen MR) is 99.6 cm³/mol. The van der Waals surface area contributed by atoms with Crippen LogP contribution in [-0.2, 0) is 0 Å². The summed E-state index contributed by atoms with van der Waals surface area (Å²) in [6.07, 6.45) is 3.29. The lowest BCUT2D eigenvalue weighted by atomic mass is 9.98. The third kappa shape index (κ3) is 3.18. The van der Waals surface area contributed by atoms with Gasteiger partial charge in [0.2, 0.25) is 0 Å². The van der Waals surface area contributed by atoms with Gasteiger partial charge in [0.1, 0.15) is 0 Å². The van der Waals surface area contributed by atoms with Gasteiger partial charge in [0.15, 0.2) is 4.77 Å². The highest BCUT2D eigenvalue weighted by Gasteiger charge is 2.30. The van der Waals surface area contributed by atoms with Gasteiger partial charge in [0.05, 0.1) is 11.0 Å². The number of benzene rings is 1. The molecule has 2 saturated heterocycles. The van der Waals surface area contributed by atoms with Gasteiger partial charge in [-0.2, -0.15) is 0 Å². The number of carboxylic acid groups (broad SMARTS) is 1. The van der Waals surface area contributed by atoms with E-state index in [9.17, 15) is 4.79 Å². The molecule has 2 aromatic rings. The van der Waals surface area contributed by atoms with Crippen LogP contribution in [0, 0.1) is 4.77 Å². The lowest BCUT2D eigenvalue weighted by molar-refractivity contribution is 0.0754. The number of imidazole rings is 1. The first-order valence-electron chi connectivity index (χ1n) is 9.04. The summed E-state index contributed by atoms with van der Waals surface area (Å²) < 4.78 is 3.10. The lowest BCUT2D eigenvalue weighted by Gasteiger charge is -2.41. The zero-order chi connectivity index (χ0) is 17.4. The summed E-state index contributed by atoms with van der Waals surface area (Å²) in [4.78, 5) is 18.5. The molecular weight excluding hydrogens is 336 g/mol. The lowest BCUT2D eigenvalue weighted by Crippen LogP contribution is -2.48. The fourth-order valence-corrected chi connectivity index (χ4v) is 4.73. The summed E-state index contributed by atoms with van der Waals surface area (Å²) in [5.41, 5.74) is 2.30. The van der Waals surface area contributed by atoms with Crippen LogP contribution in [0.2, 0.25) is 0 Å². The van der Waals surface area contributed by atoms with Crippen LogP contribution in [0.4, 0.5) is 4.79 Å². The zero-order valence-electron chi connectivity index (χ0n) is 14.2. The SMILES string of the molecule is O=C(O)N1CCC(N2CCC(n3c(=S)[nH]c4ccccc43)CC2)CC1. The number of piperidine rings is 2. The summed E-state index contributed by atoms with van der Waals surface area (Å²) in [6.45, 7) is 3.44. The van der Waals surface area contributed by atoms with Crippen LogP contribution in [0.3, 0.4) is 0 Å². The highest BCUT2D eigenvalue weighted by molar-refractivity contribution is 7.71. The molecule has 25 heavy (non-hydrogen) atoms. The highest BCUT2D eigenvalue weighted by atomic mass is 32.1. The van der Waals surface area contributed by atoms with Crippen LogP contribution in [0.1, 0.15) is 31.7 Å². The molecule has 0 spiro atoms. The van der Waals surface area contributed by atoms with Gasteiger partial charge in [0.25, 0.3) is 0 Å². The second-order valence-corrected chi connectivity index (χ2v) is 7.47. The van der Waals surface area contributed by atoms with E-state index in [1.807, 2.05) is 6.07 Å². The standard InChI is InChI=1S/C18H24N4O2S/c23-18(24)21-11-5-13(6-12-21)20-9-7-14(8-10-20)22-16-4-2-1-3-15(16)19-17(22)25/h1-4,13-14H,5-12H2,(H,19,25)(H,23,24). The Kier molecular flexibility index (Phi) is 4.52. The molecule has 134 valence electrons. The second-order valence-electron chi connectivity index (χ2n) is 7.09. The first-order valence-corrected chi connectivity index (χ1v) is 9.45. The smallest absolute Gasteiger partial charge is 0.407 e. The Hall–Kier alpha value is -1.86. The summed E-state index contributed by atoms with van der Waals surface area (Å²) in [7, 11) is 0. The number of hydrogen-bond acceptors (Lipinski definition) is 3. The quantitative estimate of drug-likeness (QED) is 0.805. The number of amides is 1. The molecule has 0 atom stereocenters. The molecule has 0 radical (unpaired) electrons. The molecule has 3 heterocycles. The molecule has 2 N–H and O–H groups in total. The third-order valence-corrected chi connectivity index (χ3v) is 6.04. The molecule has 7 heteroatoms. The third-order valence-electron chi connectivity index (χ3n) is 5.74. The monoisotopic (exact) mass is 360 g/mol. The van der Waals surface area contributed by atoms with Crippen LogP contribution >= 0.6 is 12.2 Å². The molecule has 2 aliphatic rings. The normalized spacial score (nSPS) is 21.0. The van der Waals surface area contributed by atoms with Crippen LogP contribution < -0.4 is 0 Å². The maximum absolute atomic E-state index is 11.0. The van der Waals surface area contributed by atoms with E-state index in [2.05, 4.69) is 32.7 Å². The Morgan fingerprint density at radius 2 is 1.68 bits per heavy atom. The van der Waals surface area contributed by atoms with Gasteiger partial charge in [-0.15, -0.1) is 0 Å². The number of nitrogens with zero attached hydrogens (tertiary/aromatic N) is 3. The fourth-order valence-electron chi connectivity index (χ4n) is 4.37. The molecule has 1 aromatic carbocycles. The molecule has 2 fully saturated rings. The van der Waals surface area contributed by atoms with Crippen molar-refractivity contribution < 1.29 is 9.90 Å². The van der Waals surface area contributed by atoms with Gasteiger partial charge in [-0.25, -0.2) is 4.79 Å². The molecular formula is C18H24N4O2S. The molecule has 6 nitrogen and oxygen atoms in total. The van der Waals surface area contributed by atoms with E-state index in [1.54, 1.807) is 0 Å². The molecule has 1 amide bonds. The topological polar surface area (TPSA) is 64.5 Å². The van der Waals surface area contributed by atoms with Crippen LogP contribution in [0.25, 0.3) is 11.0 Å². The number of rotatable bonds is 2. The van der Waals surface area contributed by atoms with E-state index in [0.29, 0.717) is 25.2 Å². The van der Waals surface area contributed by atoms with Crippen LogP contribution in [0.15, 0.2) is 24.3 Å². The Morgan fingerprint density at radius 1 is 1.04 bits per heavy atom. The van der Waals surface area contributed by atoms with E-state index in [1.165, 1.54) is 10.4 Å². The first-order chi connectivity index (χ1) is 12.1. The minimum absolute atomic E-state index is 0.444.